The van der Waals surface area contributed by atoms with Gasteiger partial charge in [0.05, 0.1) is 6.54 Å². The van der Waals surface area contributed by atoms with Crippen molar-refractivity contribution in [2.24, 2.45) is 0 Å². The number of rotatable bonds is 4. The van der Waals surface area contributed by atoms with Gasteiger partial charge in [-0.15, -0.1) is 11.3 Å². The lowest BCUT2D eigenvalue weighted by atomic mass is 10.4. The second-order valence-corrected chi connectivity index (χ2v) is 4.86. The highest BCUT2D eigenvalue weighted by Crippen LogP contribution is 2.15. The van der Waals surface area contributed by atoms with E-state index in [1.807, 2.05) is 18.3 Å². The first kappa shape index (κ1) is 11.4. The lowest BCUT2D eigenvalue weighted by Gasteiger charge is -2.02. The van der Waals surface area contributed by atoms with Gasteiger partial charge in [0.15, 0.2) is 0 Å². The molecule has 3 nitrogen and oxygen atoms in total. The predicted molar refractivity (Wildman–Crippen MR) is 68.1 cm³/mol. The summed E-state index contributed by atoms with van der Waals surface area (Å²) in [4.78, 5) is 9.77. The van der Waals surface area contributed by atoms with E-state index in [-0.39, 0.29) is 0 Å². The fraction of sp³-hybridized carbons (Fsp3) is 0.273. The van der Waals surface area contributed by atoms with Gasteiger partial charge in [-0.1, -0.05) is 24.6 Å². The van der Waals surface area contributed by atoms with Crippen LogP contribution in [0.25, 0.3) is 0 Å². The van der Waals surface area contributed by atoms with Crippen LogP contribution < -0.4 is 5.32 Å². The van der Waals surface area contributed by atoms with Gasteiger partial charge >= 0.3 is 0 Å². The van der Waals surface area contributed by atoms with Crippen molar-refractivity contribution in [3.05, 3.63) is 39.4 Å². The van der Waals surface area contributed by atoms with E-state index in [0.29, 0.717) is 11.7 Å². The highest BCUT2D eigenvalue weighted by atomic mass is 35.5. The molecular formula is C11H12ClN3S. The molecule has 2 aromatic rings. The van der Waals surface area contributed by atoms with Crippen LogP contribution in [0.4, 0.5) is 5.82 Å². The highest BCUT2D eigenvalue weighted by molar-refractivity contribution is 7.11. The van der Waals surface area contributed by atoms with Crippen molar-refractivity contribution in [2.45, 2.75) is 19.9 Å². The molecular weight excluding hydrogens is 242 g/mol. The number of hydrogen-bond acceptors (Lipinski definition) is 4. The molecule has 0 radical (unpaired) electrons. The Morgan fingerprint density at radius 3 is 3.00 bits per heavy atom. The first-order valence-electron chi connectivity index (χ1n) is 5.08. The number of nitrogens with zero attached hydrogens (tertiary/aromatic N) is 2. The molecule has 0 aliphatic heterocycles. The Morgan fingerprint density at radius 1 is 1.44 bits per heavy atom. The smallest absolute Gasteiger partial charge is 0.131 e. The van der Waals surface area contributed by atoms with Crippen LogP contribution in [0.3, 0.4) is 0 Å². The first-order valence-corrected chi connectivity index (χ1v) is 6.27. The number of halogens is 1. The summed E-state index contributed by atoms with van der Waals surface area (Å²) < 4.78 is 0. The van der Waals surface area contributed by atoms with Crippen LogP contribution in [-0.2, 0) is 13.0 Å². The zero-order valence-corrected chi connectivity index (χ0v) is 10.5. The Hall–Kier alpha value is -1.13. The summed E-state index contributed by atoms with van der Waals surface area (Å²) in [5.74, 6) is 0.778. The Labute approximate surface area is 104 Å². The SMILES string of the molecule is CCc1cnc(CNc2cccc(Cl)n2)s1. The van der Waals surface area contributed by atoms with Crippen LogP contribution in [0, 0.1) is 0 Å². The van der Waals surface area contributed by atoms with E-state index in [4.69, 9.17) is 11.6 Å². The molecule has 84 valence electrons. The average molecular weight is 254 g/mol. The number of hydrogen-bond donors (Lipinski definition) is 1. The lowest BCUT2D eigenvalue weighted by molar-refractivity contribution is 1.07. The van der Waals surface area contributed by atoms with E-state index in [9.17, 15) is 0 Å². The van der Waals surface area contributed by atoms with Crippen molar-refractivity contribution in [2.75, 3.05) is 5.32 Å². The third-order valence-corrected chi connectivity index (χ3v) is 3.44. The van der Waals surface area contributed by atoms with Gasteiger partial charge in [0.25, 0.3) is 0 Å². The van der Waals surface area contributed by atoms with Gasteiger partial charge in [0, 0.05) is 11.1 Å². The highest BCUT2D eigenvalue weighted by Gasteiger charge is 2.01. The fourth-order valence-corrected chi connectivity index (χ4v) is 2.23. The van der Waals surface area contributed by atoms with Gasteiger partial charge in [0.2, 0.25) is 0 Å². The fourth-order valence-electron chi connectivity index (χ4n) is 1.27. The van der Waals surface area contributed by atoms with E-state index in [1.54, 1.807) is 17.4 Å². The monoisotopic (exact) mass is 253 g/mol. The second kappa shape index (κ2) is 5.27. The summed E-state index contributed by atoms with van der Waals surface area (Å²) in [7, 11) is 0. The third kappa shape index (κ3) is 2.93. The van der Waals surface area contributed by atoms with Crippen molar-refractivity contribution in [3.63, 3.8) is 0 Å². The predicted octanol–water partition coefficient (Wildman–Crippen LogP) is 3.37. The van der Waals surface area contributed by atoms with Crippen molar-refractivity contribution in [3.8, 4) is 0 Å². The Bertz CT molecular complexity index is 470. The molecule has 5 heteroatoms. The summed E-state index contributed by atoms with van der Waals surface area (Å²) >= 11 is 7.51. The topological polar surface area (TPSA) is 37.8 Å². The molecule has 0 aliphatic carbocycles. The summed E-state index contributed by atoms with van der Waals surface area (Å²) in [6.45, 7) is 2.82. The summed E-state index contributed by atoms with van der Waals surface area (Å²) in [5.41, 5.74) is 0. The van der Waals surface area contributed by atoms with E-state index in [2.05, 4.69) is 22.2 Å². The van der Waals surface area contributed by atoms with Crippen molar-refractivity contribution >= 4 is 28.8 Å². The van der Waals surface area contributed by atoms with Crippen LogP contribution >= 0.6 is 22.9 Å². The van der Waals surface area contributed by atoms with Gasteiger partial charge in [-0.3, -0.25) is 0 Å². The minimum atomic E-state index is 0.499. The molecule has 0 saturated carbocycles. The van der Waals surface area contributed by atoms with E-state index >= 15 is 0 Å². The number of aromatic nitrogens is 2. The summed E-state index contributed by atoms with van der Waals surface area (Å²) in [6, 6.07) is 5.52. The zero-order chi connectivity index (χ0) is 11.4. The normalized spacial score (nSPS) is 10.4. The number of thiazole rings is 1. The zero-order valence-electron chi connectivity index (χ0n) is 8.90. The van der Waals surface area contributed by atoms with Crippen molar-refractivity contribution < 1.29 is 0 Å². The molecule has 0 unspecified atom stereocenters. The molecule has 1 N–H and O–H groups in total. The number of nitrogens with one attached hydrogen (secondary N) is 1. The Morgan fingerprint density at radius 2 is 2.31 bits per heavy atom. The molecule has 0 fully saturated rings. The third-order valence-electron chi connectivity index (χ3n) is 2.09. The van der Waals surface area contributed by atoms with Crippen molar-refractivity contribution in [1.82, 2.24) is 9.97 Å². The molecule has 0 saturated heterocycles. The molecule has 2 aromatic heterocycles. The second-order valence-electron chi connectivity index (χ2n) is 3.27. The van der Waals surface area contributed by atoms with Gasteiger partial charge in [-0.05, 0) is 18.6 Å². The maximum atomic E-state index is 5.79. The van der Waals surface area contributed by atoms with Crippen LogP contribution in [0.15, 0.2) is 24.4 Å². The van der Waals surface area contributed by atoms with Gasteiger partial charge < -0.3 is 5.32 Å². The van der Waals surface area contributed by atoms with Crippen LogP contribution in [-0.4, -0.2) is 9.97 Å². The molecule has 0 aromatic carbocycles. The molecule has 0 amide bonds. The van der Waals surface area contributed by atoms with E-state index in [1.165, 1.54) is 4.88 Å². The maximum absolute atomic E-state index is 5.79. The lowest BCUT2D eigenvalue weighted by Crippen LogP contribution is -2.00. The van der Waals surface area contributed by atoms with Crippen LogP contribution in [0.5, 0.6) is 0 Å². The van der Waals surface area contributed by atoms with Gasteiger partial charge in [-0.2, -0.15) is 0 Å². The largest absolute Gasteiger partial charge is 0.364 e. The Kier molecular flexibility index (Phi) is 3.74. The van der Waals surface area contributed by atoms with E-state index in [0.717, 1.165) is 17.2 Å². The molecule has 2 heterocycles. The van der Waals surface area contributed by atoms with E-state index < -0.39 is 0 Å². The number of aryl methyl sites for hydroxylation is 1. The molecule has 0 spiro atoms. The maximum Gasteiger partial charge on any atom is 0.131 e. The van der Waals surface area contributed by atoms with Crippen LogP contribution in [0.2, 0.25) is 5.15 Å². The average Bonchev–Trinajstić information content (AvgIpc) is 2.74. The van der Waals surface area contributed by atoms with Gasteiger partial charge in [0.1, 0.15) is 16.0 Å². The standard InChI is InChI=1S/C11H12ClN3S/c1-2-8-6-14-11(16-8)7-13-10-5-3-4-9(12)15-10/h3-6H,2,7H2,1H3,(H,13,15). The molecule has 16 heavy (non-hydrogen) atoms. The minimum Gasteiger partial charge on any atom is -0.364 e. The number of pyridine rings is 1. The molecule has 0 aliphatic rings. The molecule has 0 atom stereocenters. The van der Waals surface area contributed by atoms with Crippen molar-refractivity contribution in [1.29, 1.82) is 0 Å². The summed E-state index contributed by atoms with van der Waals surface area (Å²) in [5, 5.41) is 4.76. The minimum absolute atomic E-state index is 0.499. The quantitative estimate of drug-likeness (QED) is 0.849. The molecule has 0 bridgehead atoms. The Balaban J connectivity index is 1.96. The number of anilines is 1. The van der Waals surface area contributed by atoms with Crippen LogP contribution in [0.1, 0.15) is 16.8 Å². The molecule has 2 rings (SSSR count). The first-order chi connectivity index (χ1) is 7.78. The van der Waals surface area contributed by atoms with Gasteiger partial charge in [-0.25, -0.2) is 9.97 Å². The summed E-state index contributed by atoms with van der Waals surface area (Å²) in [6.07, 6.45) is 2.96.